The highest BCUT2D eigenvalue weighted by molar-refractivity contribution is 7.98. The molecule has 0 spiro atoms. The number of thioether (sulfide) groups is 1. The van der Waals surface area contributed by atoms with E-state index in [9.17, 15) is 14.4 Å². The third kappa shape index (κ3) is 5.49. The predicted molar refractivity (Wildman–Crippen MR) is 128 cm³/mol. The van der Waals surface area contributed by atoms with E-state index in [0.717, 1.165) is 25.7 Å². The van der Waals surface area contributed by atoms with Crippen LogP contribution < -0.4 is 5.32 Å². The van der Waals surface area contributed by atoms with Crippen LogP contribution >= 0.6 is 11.8 Å². The number of likely N-dealkylation sites (tertiary alicyclic amines) is 1. The van der Waals surface area contributed by atoms with Gasteiger partial charge in [0.15, 0.2) is 5.82 Å². The molecular weight excluding hydrogens is 436 g/mol. The Morgan fingerprint density at radius 2 is 2.06 bits per heavy atom. The highest BCUT2D eigenvalue weighted by Crippen LogP contribution is 2.31. The van der Waals surface area contributed by atoms with Crippen molar-refractivity contribution in [2.45, 2.75) is 55.4 Å². The number of carbonyl (C=O) groups excluding carboxylic acids is 3. The first-order valence-corrected chi connectivity index (χ1v) is 12.8. The van der Waals surface area contributed by atoms with E-state index in [-0.39, 0.29) is 29.1 Å². The molecule has 0 bridgehead atoms. The fourth-order valence-electron chi connectivity index (χ4n) is 5.02. The molecule has 0 aliphatic carbocycles. The molecule has 3 heterocycles. The second-order valence-electron chi connectivity index (χ2n) is 9.26. The van der Waals surface area contributed by atoms with Crippen LogP contribution in [-0.2, 0) is 23.1 Å². The van der Waals surface area contributed by atoms with Crippen molar-refractivity contribution < 1.29 is 14.4 Å². The zero-order valence-corrected chi connectivity index (χ0v) is 20.2. The minimum Gasteiger partial charge on any atom is -0.350 e. The van der Waals surface area contributed by atoms with E-state index in [0.29, 0.717) is 38.2 Å². The number of nitrogens with zero attached hydrogens (tertiary/aromatic N) is 3. The summed E-state index contributed by atoms with van der Waals surface area (Å²) in [6.45, 7) is 1.12. The number of piperidine rings is 1. The van der Waals surface area contributed by atoms with Gasteiger partial charge in [-0.2, -0.15) is 0 Å². The lowest BCUT2D eigenvalue weighted by atomic mass is 9.84. The minimum absolute atomic E-state index is 0.00761. The number of imidazole rings is 1. The molecule has 2 fully saturated rings. The van der Waals surface area contributed by atoms with Crippen LogP contribution in [0.1, 0.15) is 54.7 Å². The maximum atomic E-state index is 13.1. The lowest BCUT2D eigenvalue weighted by Gasteiger charge is -2.34. The zero-order chi connectivity index (χ0) is 23.4. The maximum Gasteiger partial charge on any atom is 0.222 e. The van der Waals surface area contributed by atoms with Gasteiger partial charge in [-0.3, -0.25) is 14.4 Å². The molecule has 176 valence electrons. The normalized spacial score (nSPS) is 22.9. The number of aromatic nitrogens is 2. The van der Waals surface area contributed by atoms with Crippen molar-refractivity contribution in [1.29, 1.82) is 0 Å². The third-order valence-electron chi connectivity index (χ3n) is 6.94. The number of hydrogen-bond donors (Lipinski definition) is 1. The molecular formula is C25H32N4O3S. The Bertz CT molecular complexity index is 1020. The molecule has 2 aliphatic heterocycles. The fourth-order valence-corrected chi connectivity index (χ4v) is 5.43. The average molecular weight is 469 g/mol. The minimum atomic E-state index is -0.383. The molecule has 2 aliphatic rings. The van der Waals surface area contributed by atoms with Crippen molar-refractivity contribution in [1.82, 2.24) is 19.8 Å². The van der Waals surface area contributed by atoms with Crippen LogP contribution in [0.3, 0.4) is 0 Å². The standard InChI is InChI=1S/C25H32N4O3S/c1-28-15-13-26-24(28)23(32)19-4-3-14-29(17-19)22(31)10-12-25(11-9-21(30)27-25)16-18-5-7-20(33-2)8-6-18/h5-8,13,15,19H,3-4,9-12,14,16-17H2,1-2H3,(H,27,30)/t19-,25+/m1/s1. The summed E-state index contributed by atoms with van der Waals surface area (Å²) < 4.78 is 1.74. The first-order chi connectivity index (χ1) is 15.9. The van der Waals surface area contributed by atoms with Crippen molar-refractivity contribution in [3.63, 3.8) is 0 Å². The third-order valence-corrected chi connectivity index (χ3v) is 7.68. The number of Topliss-reactive ketones (excluding diaryl/α,β-unsaturated/α-hetero) is 1. The van der Waals surface area contributed by atoms with Gasteiger partial charge < -0.3 is 14.8 Å². The Kier molecular flexibility index (Phi) is 7.22. The Hall–Kier alpha value is -2.61. The number of ketones is 1. The molecule has 2 amide bonds. The van der Waals surface area contributed by atoms with Gasteiger partial charge in [-0.05, 0) is 56.1 Å². The first kappa shape index (κ1) is 23.5. The van der Waals surface area contributed by atoms with Crippen LogP contribution in [-0.4, -0.2) is 56.9 Å². The molecule has 1 aromatic carbocycles. The number of carbonyl (C=O) groups is 3. The molecule has 33 heavy (non-hydrogen) atoms. The van der Waals surface area contributed by atoms with Gasteiger partial charge in [-0.15, -0.1) is 11.8 Å². The van der Waals surface area contributed by atoms with Crippen molar-refractivity contribution in [2.75, 3.05) is 19.3 Å². The molecule has 4 rings (SSSR count). The number of amides is 2. The lowest BCUT2D eigenvalue weighted by Crippen LogP contribution is -2.46. The van der Waals surface area contributed by atoms with Gasteiger partial charge in [0.2, 0.25) is 17.6 Å². The SMILES string of the molecule is CSc1ccc(C[C@@]2(CCC(=O)N3CCC[C@@H](C(=O)c4nccn4C)C3)CCC(=O)N2)cc1. The lowest BCUT2D eigenvalue weighted by molar-refractivity contribution is -0.133. The molecule has 1 aromatic heterocycles. The van der Waals surface area contributed by atoms with Crippen LogP contribution in [0.5, 0.6) is 0 Å². The molecule has 0 radical (unpaired) electrons. The summed E-state index contributed by atoms with van der Waals surface area (Å²) in [5, 5.41) is 3.17. The Morgan fingerprint density at radius 3 is 2.70 bits per heavy atom. The van der Waals surface area contributed by atoms with Gasteiger partial charge in [0.05, 0.1) is 0 Å². The Balaban J connectivity index is 1.38. The highest BCUT2D eigenvalue weighted by Gasteiger charge is 2.39. The van der Waals surface area contributed by atoms with Gasteiger partial charge in [0.25, 0.3) is 0 Å². The smallest absolute Gasteiger partial charge is 0.222 e. The largest absolute Gasteiger partial charge is 0.350 e. The quantitative estimate of drug-likeness (QED) is 0.475. The topological polar surface area (TPSA) is 84.3 Å². The summed E-state index contributed by atoms with van der Waals surface area (Å²) in [7, 11) is 1.82. The van der Waals surface area contributed by atoms with Gasteiger partial charge in [0.1, 0.15) is 0 Å². The van der Waals surface area contributed by atoms with Gasteiger partial charge >= 0.3 is 0 Å². The van der Waals surface area contributed by atoms with Crippen molar-refractivity contribution in [3.8, 4) is 0 Å². The van der Waals surface area contributed by atoms with Crippen LogP contribution in [0.25, 0.3) is 0 Å². The molecule has 8 heteroatoms. The summed E-state index contributed by atoms with van der Waals surface area (Å²) in [6, 6.07) is 8.42. The van der Waals surface area contributed by atoms with E-state index < -0.39 is 0 Å². The maximum absolute atomic E-state index is 13.1. The van der Waals surface area contributed by atoms with Gasteiger partial charge in [-0.25, -0.2) is 4.98 Å². The number of rotatable bonds is 8. The molecule has 0 unspecified atom stereocenters. The molecule has 0 saturated carbocycles. The van der Waals surface area contributed by atoms with Gasteiger partial charge in [0, 0.05) is 61.7 Å². The van der Waals surface area contributed by atoms with E-state index in [1.54, 1.807) is 28.7 Å². The summed E-state index contributed by atoms with van der Waals surface area (Å²) in [4.78, 5) is 45.3. The predicted octanol–water partition coefficient (Wildman–Crippen LogP) is 3.24. The molecule has 2 saturated heterocycles. The first-order valence-electron chi connectivity index (χ1n) is 11.6. The molecule has 2 aromatic rings. The summed E-state index contributed by atoms with van der Waals surface area (Å²) in [6.07, 6.45) is 9.98. The highest BCUT2D eigenvalue weighted by atomic mass is 32.2. The monoisotopic (exact) mass is 468 g/mol. The van der Waals surface area contributed by atoms with Crippen LogP contribution in [0, 0.1) is 5.92 Å². The number of aryl methyl sites for hydroxylation is 1. The van der Waals surface area contributed by atoms with Gasteiger partial charge in [-0.1, -0.05) is 12.1 Å². The zero-order valence-electron chi connectivity index (χ0n) is 19.4. The average Bonchev–Trinajstić information content (AvgIpc) is 3.43. The van der Waals surface area contributed by atoms with E-state index >= 15 is 0 Å². The van der Waals surface area contributed by atoms with E-state index in [1.165, 1.54) is 10.5 Å². The molecule has 1 N–H and O–H groups in total. The molecule has 7 nitrogen and oxygen atoms in total. The molecule has 2 atom stereocenters. The second-order valence-corrected chi connectivity index (χ2v) is 10.1. The fraction of sp³-hybridized carbons (Fsp3) is 0.520. The number of benzene rings is 1. The van der Waals surface area contributed by atoms with E-state index in [4.69, 9.17) is 0 Å². The Labute approximate surface area is 199 Å². The van der Waals surface area contributed by atoms with Crippen molar-refractivity contribution in [3.05, 3.63) is 48.0 Å². The van der Waals surface area contributed by atoms with Crippen LogP contribution in [0.2, 0.25) is 0 Å². The van der Waals surface area contributed by atoms with Crippen LogP contribution in [0.15, 0.2) is 41.6 Å². The summed E-state index contributed by atoms with van der Waals surface area (Å²) >= 11 is 1.70. The number of nitrogens with one attached hydrogen (secondary N) is 1. The van der Waals surface area contributed by atoms with E-state index in [2.05, 4.69) is 34.6 Å². The van der Waals surface area contributed by atoms with Crippen molar-refractivity contribution >= 4 is 29.4 Å². The summed E-state index contributed by atoms with van der Waals surface area (Å²) in [5.41, 5.74) is 0.784. The second kappa shape index (κ2) is 10.1. The Morgan fingerprint density at radius 1 is 1.27 bits per heavy atom. The van der Waals surface area contributed by atoms with E-state index in [1.807, 2.05) is 18.2 Å². The summed E-state index contributed by atoms with van der Waals surface area (Å²) in [5.74, 6) is 0.369. The number of hydrogen-bond acceptors (Lipinski definition) is 5. The van der Waals surface area contributed by atoms with Crippen molar-refractivity contribution in [2.24, 2.45) is 13.0 Å². The van der Waals surface area contributed by atoms with Crippen LogP contribution in [0.4, 0.5) is 0 Å².